The lowest BCUT2D eigenvalue weighted by atomic mass is 9.99. The lowest BCUT2D eigenvalue weighted by Crippen LogP contribution is -2.51. The summed E-state index contributed by atoms with van der Waals surface area (Å²) >= 11 is 1.70. The Morgan fingerprint density at radius 2 is 2.10 bits per heavy atom. The van der Waals surface area contributed by atoms with Crippen molar-refractivity contribution in [3.05, 3.63) is 24.3 Å². The summed E-state index contributed by atoms with van der Waals surface area (Å²) in [6, 6.07) is 8.39. The molecule has 0 bridgehead atoms. The van der Waals surface area contributed by atoms with Gasteiger partial charge in [0, 0.05) is 16.7 Å². The van der Waals surface area contributed by atoms with E-state index in [2.05, 4.69) is 5.32 Å². The molecule has 0 aromatic heterocycles. The predicted octanol–water partition coefficient (Wildman–Crippen LogP) is 2.86. The summed E-state index contributed by atoms with van der Waals surface area (Å²) in [5, 5.41) is 3.41. The maximum atomic E-state index is 12.0. The van der Waals surface area contributed by atoms with Gasteiger partial charge in [-0.3, -0.25) is 10.1 Å². The number of carbonyl (C=O) groups excluding carboxylic acids is 1. The summed E-state index contributed by atoms with van der Waals surface area (Å²) in [4.78, 5) is 13.1. The monoisotopic (exact) mass is 309 g/mol. The van der Waals surface area contributed by atoms with Crippen molar-refractivity contribution in [3.63, 3.8) is 0 Å². The van der Waals surface area contributed by atoms with E-state index in [-0.39, 0.29) is 5.97 Å². The first-order chi connectivity index (χ1) is 10.1. The van der Waals surface area contributed by atoms with E-state index in [1.165, 1.54) is 7.11 Å². The molecule has 1 aliphatic carbocycles. The van der Waals surface area contributed by atoms with Crippen molar-refractivity contribution in [1.82, 2.24) is 5.32 Å². The molecule has 0 radical (unpaired) electrons. The average Bonchev–Trinajstić information content (AvgIpc) is 3.30. The van der Waals surface area contributed by atoms with Crippen molar-refractivity contribution in [2.45, 2.75) is 42.7 Å². The molecule has 1 N–H and O–H groups in total. The van der Waals surface area contributed by atoms with Gasteiger partial charge in [-0.1, -0.05) is 12.1 Å². The minimum absolute atomic E-state index is 0.185. The molecule has 116 valence electrons. The SMILES string of the molecule is COC(=O)C(C)(CCSc1ccccc1OC)NC1CC1. The van der Waals surface area contributed by atoms with Crippen LogP contribution in [-0.4, -0.2) is 37.5 Å². The molecule has 1 saturated carbocycles. The summed E-state index contributed by atoms with van der Waals surface area (Å²) in [5.41, 5.74) is -0.606. The molecule has 0 heterocycles. The van der Waals surface area contributed by atoms with Gasteiger partial charge in [0.15, 0.2) is 0 Å². The van der Waals surface area contributed by atoms with Gasteiger partial charge in [0.25, 0.3) is 0 Å². The molecule has 0 aliphatic heterocycles. The summed E-state index contributed by atoms with van der Waals surface area (Å²) in [6.45, 7) is 1.93. The Labute approximate surface area is 130 Å². The van der Waals surface area contributed by atoms with Crippen molar-refractivity contribution >= 4 is 17.7 Å². The Hall–Kier alpha value is -1.20. The van der Waals surface area contributed by atoms with Crippen LogP contribution >= 0.6 is 11.8 Å². The highest BCUT2D eigenvalue weighted by molar-refractivity contribution is 7.99. The highest BCUT2D eigenvalue weighted by atomic mass is 32.2. The minimum Gasteiger partial charge on any atom is -0.496 e. The van der Waals surface area contributed by atoms with Crippen LogP contribution in [0.4, 0.5) is 0 Å². The molecule has 1 unspecified atom stereocenters. The lowest BCUT2D eigenvalue weighted by Gasteiger charge is -2.28. The molecular weight excluding hydrogens is 286 g/mol. The molecule has 2 rings (SSSR count). The van der Waals surface area contributed by atoms with Crippen LogP contribution in [-0.2, 0) is 9.53 Å². The number of nitrogens with one attached hydrogen (secondary N) is 1. The summed E-state index contributed by atoms with van der Waals surface area (Å²) < 4.78 is 10.3. The molecule has 1 aromatic carbocycles. The van der Waals surface area contributed by atoms with Crippen LogP contribution in [0, 0.1) is 0 Å². The maximum Gasteiger partial charge on any atom is 0.325 e. The highest BCUT2D eigenvalue weighted by Crippen LogP contribution is 2.31. The number of hydrogen-bond acceptors (Lipinski definition) is 5. The van der Waals surface area contributed by atoms with E-state index >= 15 is 0 Å². The number of methoxy groups -OCH3 is 2. The topological polar surface area (TPSA) is 47.6 Å². The number of hydrogen-bond donors (Lipinski definition) is 1. The van der Waals surface area contributed by atoms with Crippen LogP contribution in [0.3, 0.4) is 0 Å². The number of esters is 1. The van der Waals surface area contributed by atoms with Gasteiger partial charge >= 0.3 is 5.97 Å². The second-order valence-corrected chi connectivity index (χ2v) is 6.63. The van der Waals surface area contributed by atoms with Gasteiger partial charge in [-0.05, 0) is 38.3 Å². The molecule has 4 nitrogen and oxygen atoms in total. The normalized spacial score (nSPS) is 17.1. The van der Waals surface area contributed by atoms with Gasteiger partial charge in [0.05, 0.1) is 14.2 Å². The second-order valence-electron chi connectivity index (χ2n) is 5.49. The Kier molecular flexibility index (Phi) is 5.53. The number of para-hydroxylation sites is 1. The van der Waals surface area contributed by atoms with Crippen molar-refractivity contribution in [1.29, 1.82) is 0 Å². The van der Waals surface area contributed by atoms with E-state index in [4.69, 9.17) is 9.47 Å². The van der Waals surface area contributed by atoms with Crippen LogP contribution in [0.15, 0.2) is 29.2 Å². The van der Waals surface area contributed by atoms with Crippen molar-refractivity contribution in [3.8, 4) is 5.75 Å². The van der Waals surface area contributed by atoms with Gasteiger partial charge < -0.3 is 9.47 Å². The van der Waals surface area contributed by atoms with E-state index in [0.29, 0.717) is 6.04 Å². The number of benzene rings is 1. The van der Waals surface area contributed by atoms with E-state index in [9.17, 15) is 4.79 Å². The van der Waals surface area contributed by atoms with Crippen LogP contribution in [0.1, 0.15) is 26.2 Å². The van der Waals surface area contributed by atoms with Crippen molar-refractivity contribution < 1.29 is 14.3 Å². The molecule has 1 aromatic rings. The largest absolute Gasteiger partial charge is 0.496 e. The van der Waals surface area contributed by atoms with E-state index < -0.39 is 5.54 Å². The van der Waals surface area contributed by atoms with E-state index in [1.54, 1.807) is 18.9 Å². The van der Waals surface area contributed by atoms with Crippen molar-refractivity contribution in [2.75, 3.05) is 20.0 Å². The molecule has 0 spiro atoms. The van der Waals surface area contributed by atoms with Crippen LogP contribution in [0.2, 0.25) is 0 Å². The third-order valence-electron chi connectivity index (χ3n) is 3.66. The Morgan fingerprint density at radius 3 is 2.71 bits per heavy atom. The number of carbonyl (C=O) groups is 1. The lowest BCUT2D eigenvalue weighted by molar-refractivity contribution is -0.148. The highest BCUT2D eigenvalue weighted by Gasteiger charge is 2.38. The Bertz CT molecular complexity index is 490. The fourth-order valence-corrected chi connectivity index (χ4v) is 3.44. The second kappa shape index (κ2) is 7.18. The van der Waals surface area contributed by atoms with Gasteiger partial charge in [0.2, 0.25) is 0 Å². The van der Waals surface area contributed by atoms with E-state index in [0.717, 1.165) is 35.7 Å². The zero-order valence-corrected chi connectivity index (χ0v) is 13.7. The standard InChI is InChI=1S/C16H23NO3S/c1-16(15(18)20-3,17-12-8-9-12)10-11-21-14-7-5-4-6-13(14)19-2/h4-7,12,17H,8-11H2,1-3H3. The molecule has 0 saturated heterocycles. The molecule has 1 atom stereocenters. The first-order valence-corrected chi connectivity index (χ1v) is 8.19. The molecule has 1 aliphatic rings. The van der Waals surface area contributed by atoms with Gasteiger partial charge in [-0.25, -0.2) is 0 Å². The maximum absolute atomic E-state index is 12.0. The summed E-state index contributed by atoms with van der Waals surface area (Å²) in [5.74, 6) is 1.51. The molecule has 0 amide bonds. The van der Waals surface area contributed by atoms with Gasteiger partial charge in [-0.15, -0.1) is 11.8 Å². The predicted molar refractivity (Wildman–Crippen MR) is 84.9 cm³/mol. The van der Waals surface area contributed by atoms with Crippen LogP contribution in [0.5, 0.6) is 5.75 Å². The van der Waals surface area contributed by atoms with Gasteiger partial charge in [-0.2, -0.15) is 0 Å². The van der Waals surface area contributed by atoms with E-state index in [1.807, 2.05) is 31.2 Å². The third kappa shape index (κ3) is 4.38. The van der Waals surface area contributed by atoms with Crippen molar-refractivity contribution in [2.24, 2.45) is 0 Å². The molecule has 5 heteroatoms. The fourth-order valence-electron chi connectivity index (χ4n) is 2.24. The fraction of sp³-hybridized carbons (Fsp3) is 0.562. The molecule has 1 fully saturated rings. The summed E-state index contributed by atoms with van der Waals surface area (Å²) in [6.07, 6.45) is 3.01. The van der Waals surface area contributed by atoms with Crippen LogP contribution in [0.25, 0.3) is 0 Å². The quantitative estimate of drug-likeness (QED) is 0.591. The summed E-state index contributed by atoms with van der Waals surface area (Å²) in [7, 11) is 3.12. The smallest absolute Gasteiger partial charge is 0.325 e. The molecule has 21 heavy (non-hydrogen) atoms. The zero-order chi connectivity index (χ0) is 15.3. The first kappa shape index (κ1) is 16.2. The Morgan fingerprint density at radius 1 is 1.38 bits per heavy atom. The number of rotatable bonds is 8. The van der Waals surface area contributed by atoms with Gasteiger partial charge in [0.1, 0.15) is 11.3 Å². The number of thioether (sulfide) groups is 1. The Balaban J connectivity index is 1.93. The first-order valence-electron chi connectivity index (χ1n) is 7.21. The van der Waals surface area contributed by atoms with Crippen LogP contribution < -0.4 is 10.1 Å². The third-order valence-corrected chi connectivity index (χ3v) is 4.72. The molecular formula is C16H23NO3S. The average molecular weight is 309 g/mol. The minimum atomic E-state index is -0.606. The number of ether oxygens (including phenoxy) is 2. The zero-order valence-electron chi connectivity index (χ0n) is 12.8.